The fourth-order valence-electron chi connectivity index (χ4n) is 5.16. The van der Waals surface area contributed by atoms with E-state index in [1.54, 1.807) is 5.30 Å². The van der Waals surface area contributed by atoms with E-state index in [1.807, 2.05) is 0 Å². The van der Waals surface area contributed by atoms with Gasteiger partial charge in [0.15, 0.2) is 0 Å². The average molecular weight is 467 g/mol. The van der Waals surface area contributed by atoms with Crippen LogP contribution in [0.25, 0.3) is 11.1 Å². The van der Waals surface area contributed by atoms with E-state index in [2.05, 4.69) is 140 Å². The van der Waals surface area contributed by atoms with Gasteiger partial charge in [-0.3, -0.25) is 0 Å². The summed E-state index contributed by atoms with van der Waals surface area (Å²) in [7, 11) is -0.409. The van der Waals surface area contributed by atoms with Crippen molar-refractivity contribution in [3.05, 3.63) is 53.1 Å². The van der Waals surface area contributed by atoms with Crippen molar-refractivity contribution in [3.8, 4) is 11.1 Å². The topological polar surface area (TPSA) is 0 Å². The van der Waals surface area contributed by atoms with Gasteiger partial charge >= 0.3 is 0 Å². The fraction of sp³-hybridized carbons (Fsp3) is 0.625. The summed E-state index contributed by atoms with van der Waals surface area (Å²) < 4.78 is 0. The van der Waals surface area contributed by atoms with Crippen LogP contribution in [0.1, 0.15) is 121 Å². The van der Waals surface area contributed by atoms with Crippen LogP contribution >= 0.6 is 7.92 Å². The maximum atomic E-state index is 2.51. The van der Waals surface area contributed by atoms with Crippen molar-refractivity contribution in [2.24, 2.45) is 0 Å². The first kappa shape index (κ1) is 28.1. The Morgan fingerprint density at radius 1 is 0.515 bits per heavy atom. The Morgan fingerprint density at radius 3 is 1.24 bits per heavy atom. The van der Waals surface area contributed by atoms with E-state index in [0.29, 0.717) is 0 Å². The van der Waals surface area contributed by atoms with Gasteiger partial charge in [0, 0.05) is 0 Å². The van der Waals surface area contributed by atoms with Crippen LogP contribution in [0.4, 0.5) is 0 Å². The van der Waals surface area contributed by atoms with Crippen molar-refractivity contribution in [2.45, 2.75) is 130 Å². The van der Waals surface area contributed by atoms with E-state index < -0.39 is 7.92 Å². The van der Waals surface area contributed by atoms with Gasteiger partial charge in [0.2, 0.25) is 0 Å². The normalized spacial score (nSPS) is 14.2. The van der Waals surface area contributed by atoms with Gasteiger partial charge in [-0.25, -0.2) is 0 Å². The molecule has 0 aliphatic rings. The van der Waals surface area contributed by atoms with Gasteiger partial charge in [-0.1, -0.05) is 148 Å². The zero-order chi connectivity index (χ0) is 25.8. The van der Waals surface area contributed by atoms with E-state index >= 15 is 0 Å². The lowest BCUT2D eigenvalue weighted by atomic mass is 9.71. The molecule has 0 radical (unpaired) electrons. The Balaban J connectivity index is 3.12. The highest BCUT2D eigenvalue weighted by atomic mass is 31.1. The van der Waals surface area contributed by atoms with Crippen LogP contribution in [-0.4, -0.2) is 10.3 Å². The van der Waals surface area contributed by atoms with Gasteiger partial charge < -0.3 is 0 Å². The number of benzene rings is 2. The summed E-state index contributed by atoms with van der Waals surface area (Å²) in [6, 6.07) is 14.3. The summed E-state index contributed by atoms with van der Waals surface area (Å²) in [5, 5.41) is 1.99. The molecule has 0 atom stereocenters. The van der Waals surface area contributed by atoms with E-state index in [9.17, 15) is 0 Å². The summed E-state index contributed by atoms with van der Waals surface area (Å²) in [6.07, 6.45) is 0. The molecule has 0 fully saturated rings. The van der Waals surface area contributed by atoms with Gasteiger partial charge in [0.25, 0.3) is 0 Å². The quantitative estimate of drug-likeness (QED) is 0.386. The summed E-state index contributed by atoms with van der Waals surface area (Å²) >= 11 is 0. The molecule has 0 saturated heterocycles. The summed E-state index contributed by atoms with van der Waals surface area (Å²) in [4.78, 5) is 0. The van der Waals surface area contributed by atoms with Crippen molar-refractivity contribution in [1.82, 2.24) is 0 Å². The second-order valence-electron chi connectivity index (χ2n) is 14.9. The van der Waals surface area contributed by atoms with Crippen LogP contribution in [0.5, 0.6) is 0 Å². The molecule has 0 amide bonds. The molecular weight excluding hydrogens is 415 g/mol. The van der Waals surface area contributed by atoms with Gasteiger partial charge in [-0.2, -0.15) is 0 Å². The molecule has 0 unspecified atom stereocenters. The molecule has 0 bridgehead atoms. The first-order valence-corrected chi connectivity index (χ1v) is 14.0. The predicted molar refractivity (Wildman–Crippen MR) is 154 cm³/mol. The largest absolute Gasteiger partial charge is 0.0636 e. The Bertz CT molecular complexity index is 924. The molecule has 2 aromatic rings. The first-order chi connectivity index (χ1) is 14.6. The lowest BCUT2D eigenvalue weighted by Crippen LogP contribution is -2.32. The van der Waals surface area contributed by atoms with E-state index in [0.717, 1.165) is 0 Å². The third kappa shape index (κ3) is 6.31. The van der Waals surface area contributed by atoms with Crippen molar-refractivity contribution < 1.29 is 0 Å². The van der Waals surface area contributed by atoms with Crippen LogP contribution in [0.15, 0.2) is 36.4 Å². The lowest BCUT2D eigenvalue weighted by molar-refractivity contribution is 0.550. The molecule has 184 valence electrons. The van der Waals surface area contributed by atoms with Crippen molar-refractivity contribution >= 4 is 13.2 Å². The summed E-state index contributed by atoms with van der Waals surface area (Å²) in [5.74, 6) is 0. The van der Waals surface area contributed by atoms with E-state index in [1.165, 1.54) is 27.8 Å². The molecule has 0 saturated carbocycles. The SMILES string of the molecule is CC(C)(C)c1cc(C(C)(C)C)c(-c2ccccc2P(C(C)(C)C)C(C)(C)C)c(C(C)(C)C)c1. The zero-order valence-corrected chi connectivity index (χ0v) is 25.3. The Kier molecular flexibility index (Phi) is 7.52. The number of hydrogen-bond acceptors (Lipinski definition) is 0. The lowest BCUT2D eigenvalue weighted by Gasteiger charge is -2.43. The summed E-state index contributed by atoms with van der Waals surface area (Å²) in [6.45, 7) is 35.9. The highest BCUT2D eigenvalue weighted by molar-refractivity contribution is 7.68. The minimum atomic E-state index is -0.409. The molecule has 1 heteroatoms. The number of hydrogen-bond donors (Lipinski definition) is 0. The number of rotatable bonds is 2. The minimum Gasteiger partial charge on any atom is -0.0636 e. The third-order valence-corrected chi connectivity index (χ3v) is 9.93. The van der Waals surface area contributed by atoms with Crippen LogP contribution < -0.4 is 5.30 Å². The highest BCUT2D eigenvalue weighted by Crippen LogP contribution is 2.60. The Morgan fingerprint density at radius 2 is 0.909 bits per heavy atom. The minimum absolute atomic E-state index is 0.0515. The molecule has 0 aromatic heterocycles. The smallest absolute Gasteiger partial charge is 0.0101 e. The molecule has 33 heavy (non-hydrogen) atoms. The maximum Gasteiger partial charge on any atom is -0.0101 e. The van der Waals surface area contributed by atoms with Crippen LogP contribution in [-0.2, 0) is 16.2 Å². The molecule has 0 nitrogen and oxygen atoms in total. The molecular formula is C32H51P. The standard InChI is InChI=1S/C32H51P/c1-28(2,3)22-20-24(29(4,5)6)27(25(21-22)30(7,8)9)23-18-16-17-19-26(23)33(31(10,11)12)32(13,14)15/h16-21H,1-15H3. The van der Waals surface area contributed by atoms with Crippen molar-refractivity contribution in [2.75, 3.05) is 0 Å². The summed E-state index contributed by atoms with van der Waals surface area (Å²) in [5.41, 5.74) is 7.53. The monoisotopic (exact) mass is 466 g/mol. The molecule has 0 aliphatic heterocycles. The highest BCUT2D eigenvalue weighted by Gasteiger charge is 2.38. The molecule has 2 rings (SSSR count). The van der Waals surface area contributed by atoms with Crippen molar-refractivity contribution in [1.29, 1.82) is 0 Å². The van der Waals surface area contributed by atoms with Crippen LogP contribution in [0.2, 0.25) is 0 Å². The van der Waals surface area contributed by atoms with Crippen molar-refractivity contribution in [3.63, 3.8) is 0 Å². The van der Waals surface area contributed by atoms with E-state index in [-0.39, 0.29) is 26.6 Å². The Labute approximate surface area is 207 Å². The van der Waals surface area contributed by atoms with Crippen LogP contribution in [0.3, 0.4) is 0 Å². The van der Waals surface area contributed by atoms with Gasteiger partial charge in [-0.05, 0) is 59.7 Å². The zero-order valence-electron chi connectivity index (χ0n) is 24.4. The molecule has 0 N–H and O–H groups in total. The molecule has 0 heterocycles. The predicted octanol–water partition coefficient (Wildman–Crippen LogP) is 9.95. The Hall–Kier alpha value is -1.13. The maximum absolute atomic E-state index is 2.51. The second kappa shape index (κ2) is 8.82. The fourth-order valence-corrected chi connectivity index (χ4v) is 9.28. The van der Waals surface area contributed by atoms with Gasteiger partial charge in [0.1, 0.15) is 0 Å². The molecule has 2 aromatic carbocycles. The van der Waals surface area contributed by atoms with Gasteiger partial charge in [-0.15, -0.1) is 0 Å². The third-order valence-electron chi connectivity index (χ3n) is 6.38. The average Bonchev–Trinajstić information content (AvgIpc) is 2.56. The molecule has 0 aliphatic carbocycles. The molecule has 0 spiro atoms. The van der Waals surface area contributed by atoms with Crippen LogP contribution in [0, 0.1) is 0 Å². The second-order valence-corrected chi connectivity index (χ2v) is 18.7. The van der Waals surface area contributed by atoms with Gasteiger partial charge in [0.05, 0.1) is 0 Å². The van der Waals surface area contributed by atoms with E-state index in [4.69, 9.17) is 0 Å². The first-order valence-electron chi connectivity index (χ1n) is 12.7.